The summed E-state index contributed by atoms with van der Waals surface area (Å²) in [6, 6.07) is 9.35. The molecule has 3 aromatic rings. The summed E-state index contributed by atoms with van der Waals surface area (Å²) in [5, 5.41) is 14.3. The number of aryl methyl sites for hydroxylation is 1. The Labute approximate surface area is 201 Å². The SMILES string of the molecule is CCc1ccc2[nH]c(=O)c(CN(C3CCCC3)C(c3nnnn3C3CCCC3)C(C)C)cc2c1. The van der Waals surface area contributed by atoms with Gasteiger partial charge >= 0.3 is 0 Å². The van der Waals surface area contributed by atoms with E-state index in [1.807, 2.05) is 6.07 Å². The number of aromatic nitrogens is 5. The molecule has 0 saturated heterocycles. The van der Waals surface area contributed by atoms with E-state index >= 15 is 0 Å². The second-order valence-corrected chi connectivity index (χ2v) is 10.6. The smallest absolute Gasteiger partial charge is 0.252 e. The first-order valence-corrected chi connectivity index (χ1v) is 13.2. The van der Waals surface area contributed by atoms with Crippen molar-refractivity contribution in [1.82, 2.24) is 30.1 Å². The molecule has 0 bridgehead atoms. The Morgan fingerprint density at radius 1 is 1.09 bits per heavy atom. The molecule has 0 aliphatic heterocycles. The number of tetrazole rings is 1. The number of benzene rings is 1. The van der Waals surface area contributed by atoms with Crippen LogP contribution >= 0.6 is 0 Å². The molecule has 7 heteroatoms. The van der Waals surface area contributed by atoms with E-state index in [-0.39, 0.29) is 11.6 Å². The van der Waals surface area contributed by atoms with Crippen molar-refractivity contribution >= 4 is 10.9 Å². The van der Waals surface area contributed by atoms with Crippen molar-refractivity contribution in [1.29, 1.82) is 0 Å². The van der Waals surface area contributed by atoms with Crippen molar-refractivity contribution in [3.05, 3.63) is 51.6 Å². The number of hydrogen-bond acceptors (Lipinski definition) is 5. The van der Waals surface area contributed by atoms with Gasteiger partial charge in [0.25, 0.3) is 5.56 Å². The van der Waals surface area contributed by atoms with Gasteiger partial charge in [-0.15, -0.1) is 5.10 Å². The van der Waals surface area contributed by atoms with Crippen LogP contribution in [0.4, 0.5) is 0 Å². The highest BCUT2D eigenvalue weighted by molar-refractivity contribution is 5.79. The molecule has 2 saturated carbocycles. The zero-order valence-electron chi connectivity index (χ0n) is 20.8. The number of nitrogens with zero attached hydrogens (tertiary/aromatic N) is 5. The van der Waals surface area contributed by atoms with E-state index in [0.29, 0.717) is 24.5 Å². The molecule has 2 heterocycles. The maximum atomic E-state index is 13.2. The number of pyridine rings is 1. The van der Waals surface area contributed by atoms with Gasteiger partial charge in [0.1, 0.15) is 0 Å². The maximum Gasteiger partial charge on any atom is 0.252 e. The maximum absolute atomic E-state index is 13.2. The summed E-state index contributed by atoms with van der Waals surface area (Å²) in [6.45, 7) is 7.31. The van der Waals surface area contributed by atoms with Gasteiger partial charge in [-0.25, -0.2) is 4.68 Å². The van der Waals surface area contributed by atoms with Crippen molar-refractivity contribution in [3.63, 3.8) is 0 Å². The Bertz CT molecular complexity index is 1170. The van der Waals surface area contributed by atoms with Gasteiger partial charge in [0.05, 0.1) is 12.1 Å². The minimum absolute atomic E-state index is 0.0117. The molecule has 34 heavy (non-hydrogen) atoms. The average molecular weight is 463 g/mol. The molecule has 1 unspecified atom stereocenters. The van der Waals surface area contributed by atoms with E-state index in [9.17, 15) is 4.79 Å². The molecule has 2 fully saturated rings. The van der Waals surface area contributed by atoms with Crippen molar-refractivity contribution in [2.24, 2.45) is 5.92 Å². The number of aromatic amines is 1. The molecule has 182 valence electrons. The molecule has 0 radical (unpaired) electrons. The topological polar surface area (TPSA) is 79.7 Å². The van der Waals surface area contributed by atoms with Crippen molar-refractivity contribution < 1.29 is 0 Å². The van der Waals surface area contributed by atoms with Crippen LogP contribution in [0.5, 0.6) is 0 Å². The van der Waals surface area contributed by atoms with Gasteiger partial charge in [-0.1, -0.05) is 52.5 Å². The zero-order valence-corrected chi connectivity index (χ0v) is 20.8. The van der Waals surface area contributed by atoms with E-state index in [2.05, 4.69) is 69.1 Å². The van der Waals surface area contributed by atoms with Gasteiger partial charge < -0.3 is 4.98 Å². The average Bonchev–Trinajstić information content (AvgIpc) is 3.61. The van der Waals surface area contributed by atoms with E-state index in [0.717, 1.165) is 41.6 Å². The third-order valence-corrected chi connectivity index (χ3v) is 7.98. The number of nitrogens with one attached hydrogen (secondary N) is 1. The predicted molar refractivity (Wildman–Crippen MR) is 135 cm³/mol. The van der Waals surface area contributed by atoms with E-state index in [1.54, 1.807) is 0 Å². The molecule has 2 aromatic heterocycles. The molecular weight excluding hydrogens is 424 g/mol. The molecule has 0 amide bonds. The number of hydrogen-bond donors (Lipinski definition) is 1. The summed E-state index contributed by atoms with van der Waals surface area (Å²) in [5.41, 5.74) is 3.04. The second kappa shape index (κ2) is 9.98. The van der Waals surface area contributed by atoms with Crippen molar-refractivity contribution in [2.75, 3.05) is 0 Å². The predicted octanol–water partition coefficient (Wildman–Crippen LogP) is 5.33. The van der Waals surface area contributed by atoms with Crippen LogP contribution in [0.1, 0.15) is 101 Å². The lowest BCUT2D eigenvalue weighted by atomic mass is 9.97. The lowest BCUT2D eigenvalue weighted by molar-refractivity contribution is 0.0826. The molecule has 5 rings (SSSR count). The molecule has 1 aromatic carbocycles. The first kappa shape index (κ1) is 23.2. The zero-order chi connectivity index (χ0) is 23.7. The molecule has 1 N–H and O–H groups in total. The Balaban J connectivity index is 1.54. The van der Waals surface area contributed by atoms with Crippen LogP contribution in [0.25, 0.3) is 10.9 Å². The van der Waals surface area contributed by atoms with Crippen LogP contribution in [-0.4, -0.2) is 36.1 Å². The van der Waals surface area contributed by atoms with Gasteiger partial charge in [-0.2, -0.15) is 0 Å². The van der Waals surface area contributed by atoms with Crippen LogP contribution in [0.15, 0.2) is 29.1 Å². The molecule has 2 aliphatic rings. The quantitative estimate of drug-likeness (QED) is 0.489. The summed E-state index contributed by atoms with van der Waals surface area (Å²) < 4.78 is 2.11. The highest BCUT2D eigenvalue weighted by Crippen LogP contribution is 2.38. The lowest BCUT2D eigenvalue weighted by Crippen LogP contribution is -2.41. The highest BCUT2D eigenvalue weighted by atomic mass is 16.1. The van der Waals surface area contributed by atoms with Gasteiger partial charge in [0.15, 0.2) is 5.82 Å². The fraction of sp³-hybridized carbons (Fsp3) is 0.630. The summed E-state index contributed by atoms with van der Waals surface area (Å²) in [4.78, 5) is 18.9. The fourth-order valence-electron chi connectivity index (χ4n) is 6.16. The lowest BCUT2D eigenvalue weighted by Gasteiger charge is -2.38. The van der Waals surface area contributed by atoms with Gasteiger partial charge in [-0.3, -0.25) is 9.69 Å². The summed E-state index contributed by atoms with van der Waals surface area (Å²) >= 11 is 0. The summed E-state index contributed by atoms with van der Waals surface area (Å²) in [6.07, 6.45) is 10.6. The van der Waals surface area contributed by atoms with Crippen LogP contribution in [0.3, 0.4) is 0 Å². The van der Waals surface area contributed by atoms with E-state index in [1.165, 1.54) is 44.1 Å². The molecule has 1 atom stereocenters. The highest BCUT2D eigenvalue weighted by Gasteiger charge is 2.36. The normalized spacial score (nSPS) is 18.6. The first-order chi connectivity index (χ1) is 16.5. The summed E-state index contributed by atoms with van der Waals surface area (Å²) in [7, 11) is 0. The molecular formula is C27H38N6O. The minimum atomic E-state index is 0.0117. The Kier molecular flexibility index (Phi) is 6.82. The first-order valence-electron chi connectivity index (χ1n) is 13.2. The largest absolute Gasteiger partial charge is 0.322 e. The van der Waals surface area contributed by atoms with Crippen LogP contribution in [0, 0.1) is 5.92 Å². The molecule has 0 spiro atoms. The van der Waals surface area contributed by atoms with E-state index < -0.39 is 0 Å². The van der Waals surface area contributed by atoms with Crippen LogP contribution < -0.4 is 5.56 Å². The number of rotatable bonds is 8. The monoisotopic (exact) mass is 462 g/mol. The third-order valence-electron chi connectivity index (χ3n) is 7.98. The fourth-order valence-corrected chi connectivity index (χ4v) is 6.16. The molecule has 2 aliphatic carbocycles. The Morgan fingerprint density at radius 3 is 2.53 bits per heavy atom. The second-order valence-electron chi connectivity index (χ2n) is 10.6. The number of fused-ring (bicyclic) bond motifs is 1. The number of H-pyrrole nitrogens is 1. The van der Waals surface area contributed by atoms with Gasteiger partial charge in [-0.05, 0) is 77.6 Å². The summed E-state index contributed by atoms with van der Waals surface area (Å²) in [5.74, 6) is 1.30. The van der Waals surface area contributed by atoms with Gasteiger partial charge in [0, 0.05) is 23.7 Å². The van der Waals surface area contributed by atoms with Crippen molar-refractivity contribution in [3.8, 4) is 0 Å². The molecule has 7 nitrogen and oxygen atoms in total. The van der Waals surface area contributed by atoms with Crippen molar-refractivity contribution in [2.45, 2.75) is 103 Å². The van der Waals surface area contributed by atoms with E-state index in [4.69, 9.17) is 0 Å². The third kappa shape index (κ3) is 4.54. The standard InChI is InChI=1S/C27H38N6O/c1-4-19-13-14-24-20(15-19)16-21(27(34)28-24)17-32(22-9-5-6-10-22)25(18(2)3)26-29-30-31-33(26)23-11-7-8-12-23/h13-16,18,22-23,25H,4-12,17H2,1-3H3,(H,28,34). The Hall–Kier alpha value is -2.54. The minimum Gasteiger partial charge on any atom is -0.322 e. The van der Waals surface area contributed by atoms with Gasteiger partial charge in [0.2, 0.25) is 0 Å². The Morgan fingerprint density at radius 2 is 1.82 bits per heavy atom. The van der Waals surface area contributed by atoms with Crippen LogP contribution in [-0.2, 0) is 13.0 Å². The van der Waals surface area contributed by atoms with Crippen LogP contribution in [0.2, 0.25) is 0 Å².